The third kappa shape index (κ3) is 1.77. The Morgan fingerprint density at radius 1 is 1.31 bits per heavy atom. The second kappa shape index (κ2) is 4.01. The minimum atomic E-state index is -3.60. The van der Waals surface area contributed by atoms with E-state index in [1.807, 2.05) is 4.72 Å². The molecule has 0 fully saturated rings. The topological polar surface area (TPSA) is 59.1 Å². The van der Waals surface area contributed by atoms with E-state index in [0.29, 0.717) is 15.9 Å². The molecule has 1 heterocycles. The molecular weight excluding hydrogens is 248 g/mol. The molecule has 0 bridgehead atoms. The molecule has 16 heavy (non-hydrogen) atoms. The average Bonchev–Trinajstić information content (AvgIpc) is 2.29. The van der Waals surface area contributed by atoms with Crippen molar-refractivity contribution in [2.75, 3.05) is 0 Å². The first-order valence-electron chi connectivity index (χ1n) is 4.38. The summed E-state index contributed by atoms with van der Waals surface area (Å²) in [6, 6.07) is 6.24. The van der Waals surface area contributed by atoms with Gasteiger partial charge in [-0.1, -0.05) is 11.6 Å². The van der Waals surface area contributed by atoms with Gasteiger partial charge in [0.15, 0.2) is 0 Å². The van der Waals surface area contributed by atoms with Crippen LogP contribution in [0.2, 0.25) is 5.02 Å². The number of sulfonamides is 1. The van der Waals surface area contributed by atoms with Crippen molar-refractivity contribution >= 4 is 32.5 Å². The Balaban J connectivity index is 2.88. The molecule has 0 amide bonds. The molecule has 0 aliphatic carbocycles. The molecule has 0 atom stereocenters. The number of benzene rings is 1. The number of nitrogens with zero attached hydrogens (tertiary/aromatic N) is 1. The van der Waals surface area contributed by atoms with Crippen molar-refractivity contribution in [1.29, 1.82) is 0 Å². The van der Waals surface area contributed by atoms with E-state index < -0.39 is 10.0 Å². The SMILES string of the molecule is [CH2]NS(=O)(=O)c1ccc(Cl)c2ncccc12. The van der Waals surface area contributed by atoms with Gasteiger partial charge in [0.05, 0.1) is 15.4 Å². The lowest BCUT2D eigenvalue weighted by Gasteiger charge is -2.07. The van der Waals surface area contributed by atoms with Crippen molar-refractivity contribution in [2.45, 2.75) is 4.90 Å². The van der Waals surface area contributed by atoms with Crippen molar-refractivity contribution in [3.8, 4) is 0 Å². The Bertz CT molecular complexity index is 640. The van der Waals surface area contributed by atoms with Crippen molar-refractivity contribution in [3.05, 3.63) is 42.5 Å². The summed E-state index contributed by atoms with van der Waals surface area (Å²) in [7, 11) is -0.430. The predicted molar refractivity (Wildman–Crippen MR) is 62.4 cm³/mol. The summed E-state index contributed by atoms with van der Waals surface area (Å²) in [6.07, 6.45) is 1.56. The monoisotopic (exact) mass is 255 g/mol. The summed E-state index contributed by atoms with van der Waals surface area (Å²) in [5.74, 6) is 0. The minimum absolute atomic E-state index is 0.120. The van der Waals surface area contributed by atoms with Crippen LogP contribution in [0.1, 0.15) is 0 Å². The van der Waals surface area contributed by atoms with Gasteiger partial charge < -0.3 is 0 Å². The number of hydrogen-bond donors (Lipinski definition) is 1. The minimum Gasteiger partial charge on any atom is -0.255 e. The number of hydrogen-bond acceptors (Lipinski definition) is 3. The second-order valence-electron chi connectivity index (χ2n) is 3.09. The third-order valence-corrected chi connectivity index (χ3v) is 3.78. The molecule has 0 unspecified atom stereocenters. The predicted octanol–water partition coefficient (Wildman–Crippen LogP) is 1.96. The third-order valence-electron chi connectivity index (χ3n) is 2.16. The fraction of sp³-hybridized carbons (Fsp3) is 0. The normalized spacial score (nSPS) is 11.9. The van der Waals surface area contributed by atoms with Gasteiger partial charge in [0.2, 0.25) is 10.0 Å². The number of nitrogens with one attached hydrogen (secondary N) is 1. The van der Waals surface area contributed by atoms with Crippen LogP contribution < -0.4 is 4.72 Å². The molecule has 1 aromatic carbocycles. The van der Waals surface area contributed by atoms with Crippen molar-refractivity contribution in [2.24, 2.45) is 0 Å². The van der Waals surface area contributed by atoms with Crippen LogP contribution in [0.5, 0.6) is 0 Å². The van der Waals surface area contributed by atoms with Crippen LogP contribution in [-0.4, -0.2) is 13.4 Å². The lowest BCUT2D eigenvalue weighted by molar-refractivity contribution is 0.591. The maximum Gasteiger partial charge on any atom is 0.241 e. The highest BCUT2D eigenvalue weighted by Gasteiger charge is 2.16. The molecule has 6 heteroatoms. The summed E-state index contributed by atoms with van der Waals surface area (Å²) < 4.78 is 25.4. The molecule has 4 nitrogen and oxygen atoms in total. The summed E-state index contributed by atoms with van der Waals surface area (Å²) >= 11 is 5.93. The lowest BCUT2D eigenvalue weighted by atomic mass is 10.2. The highest BCUT2D eigenvalue weighted by molar-refractivity contribution is 7.89. The summed E-state index contributed by atoms with van der Waals surface area (Å²) in [6.45, 7) is 0. The van der Waals surface area contributed by atoms with E-state index in [1.165, 1.54) is 12.1 Å². The Labute approximate surface area is 98.3 Å². The van der Waals surface area contributed by atoms with E-state index in [9.17, 15) is 8.42 Å². The number of pyridine rings is 1. The van der Waals surface area contributed by atoms with E-state index in [1.54, 1.807) is 18.3 Å². The number of fused-ring (bicyclic) bond motifs is 1. The number of halogens is 1. The van der Waals surface area contributed by atoms with Gasteiger partial charge in [-0.15, -0.1) is 0 Å². The van der Waals surface area contributed by atoms with Gasteiger partial charge in [-0.2, -0.15) is 0 Å². The molecule has 1 radical (unpaired) electrons. The van der Waals surface area contributed by atoms with E-state index in [-0.39, 0.29) is 4.90 Å². The van der Waals surface area contributed by atoms with Gasteiger partial charge in [0, 0.05) is 18.6 Å². The summed E-state index contributed by atoms with van der Waals surface area (Å²) in [5.41, 5.74) is 0.459. The Morgan fingerprint density at radius 2 is 2.06 bits per heavy atom. The van der Waals surface area contributed by atoms with Crippen LogP contribution in [0.25, 0.3) is 10.9 Å². The first-order valence-corrected chi connectivity index (χ1v) is 6.24. The van der Waals surface area contributed by atoms with Gasteiger partial charge in [0.1, 0.15) is 0 Å². The fourth-order valence-electron chi connectivity index (χ4n) is 1.42. The average molecular weight is 256 g/mol. The van der Waals surface area contributed by atoms with E-state index in [2.05, 4.69) is 12.0 Å². The van der Waals surface area contributed by atoms with Crippen molar-refractivity contribution in [1.82, 2.24) is 9.71 Å². The zero-order valence-corrected chi connectivity index (χ0v) is 9.72. The standard InChI is InChI=1S/C10H8ClN2O2S/c1-12-16(14,15)9-5-4-8(11)10-7(9)3-2-6-13-10/h2-6,12H,1H2. The van der Waals surface area contributed by atoms with E-state index in [4.69, 9.17) is 11.6 Å². The molecule has 0 spiro atoms. The van der Waals surface area contributed by atoms with Gasteiger partial charge in [-0.05, 0) is 24.3 Å². The fourth-order valence-corrected chi connectivity index (χ4v) is 2.49. The molecule has 0 saturated carbocycles. The maximum absolute atomic E-state index is 11.7. The van der Waals surface area contributed by atoms with Crippen LogP contribution in [-0.2, 0) is 10.0 Å². The quantitative estimate of drug-likeness (QED) is 0.892. The molecule has 0 aliphatic heterocycles. The molecule has 2 aromatic rings. The largest absolute Gasteiger partial charge is 0.255 e. The molecule has 1 N–H and O–H groups in total. The van der Waals surface area contributed by atoms with Gasteiger partial charge in [-0.3, -0.25) is 4.98 Å². The molecule has 83 valence electrons. The van der Waals surface area contributed by atoms with Gasteiger partial charge >= 0.3 is 0 Å². The molecule has 1 aromatic heterocycles. The van der Waals surface area contributed by atoms with Crippen molar-refractivity contribution in [3.63, 3.8) is 0 Å². The maximum atomic E-state index is 11.7. The molecular formula is C10H8ClN2O2S. The zero-order valence-electron chi connectivity index (χ0n) is 8.14. The van der Waals surface area contributed by atoms with Crippen LogP contribution in [0, 0.1) is 7.05 Å². The number of rotatable bonds is 2. The van der Waals surface area contributed by atoms with Gasteiger partial charge in [-0.25, -0.2) is 13.1 Å². The number of aromatic nitrogens is 1. The van der Waals surface area contributed by atoms with Crippen LogP contribution >= 0.6 is 11.6 Å². The molecule has 0 aliphatic rings. The summed E-state index contributed by atoms with van der Waals surface area (Å²) in [5, 5.41) is 0.893. The molecule has 0 saturated heterocycles. The Morgan fingerprint density at radius 3 is 2.75 bits per heavy atom. The van der Waals surface area contributed by atoms with E-state index in [0.717, 1.165) is 0 Å². The van der Waals surface area contributed by atoms with Gasteiger partial charge in [0.25, 0.3) is 0 Å². The zero-order chi connectivity index (χ0) is 11.8. The highest BCUT2D eigenvalue weighted by Crippen LogP contribution is 2.27. The first kappa shape index (κ1) is 11.3. The van der Waals surface area contributed by atoms with Crippen molar-refractivity contribution < 1.29 is 8.42 Å². The first-order chi connectivity index (χ1) is 7.56. The lowest BCUT2D eigenvalue weighted by Crippen LogP contribution is -2.16. The van der Waals surface area contributed by atoms with Crippen LogP contribution in [0.4, 0.5) is 0 Å². The summed E-state index contributed by atoms with van der Waals surface area (Å²) in [4.78, 5) is 4.17. The van der Waals surface area contributed by atoms with Crippen LogP contribution in [0.15, 0.2) is 35.4 Å². The second-order valence-corrected chi connectivity index (χ2v) is 5.24. The van der Waals surface area contributed by atoms with E-state index >= 15 is 0 Å². The Kier molecular flexibility index (Phi) is 2.84. The smallest absolute Gasteiger partial charge is 0.241 e. The molecule has 2 rings (SSSR count). The van der Waals surface area contributed by atoms with Crippen LogP contribution in [0.3, 0.4) is 0 Å². The highest BCUT2D eigenvalue weighted by atomic mass is 35.5. The Hall–Kier alpha value is -1.17.